The number of hydrogen-bond donors (Lipinski definition) is 1. The van der Waals surface area contributed by atoms with Gasteiger partial charge in [-0.2, -0.15) is 13.2 Å². The Labute approximate surface area is 188 Å². The molecule has 32 heavy (non-hydrogen) atoms. The van der Waals surface area contributed by atoms with Crippen LogP contribution in [0.4, 0.5) is 23.2 Å². The van der Waals surface area contributed by atoms with Crippen LogP contribution in [0.5, 0.6) is 0 Å². The van der Waals surface area contributed by atoms with Crippen LogP contribution in [0.15, 0.2) is 41.3 Å². The highest BCUT2D eigenvalue weighted by molar-refractivity contribution is 7.97. The molecule has 0 bridgehead atoms. The van der Waals surface area contributed by atoms with Crippen molar-refractivity contribution < 1.29 is 27.5 Å². The van der Waals surface area contributed by atoms with E-state index in [1.54, 1.807) is 11.9 Å². The molecule has 0 amide bonds. The molecule has 3 unspecified atom stereocenters. The van der Waals surface area contributed by atoms with E-state index < -0.39 is 29.4 Å². The molecule has 1 heterocycles. The molecular formula is C23H24F4N2O2S. The van der Waals surface area contributed by atoms with Crippen LogP contribution in [0.1, 0.15) is 42.9 Å². The summed E-state index contributed by atoms with van der Waals surface area (Å²) in [5.41, 5.74) is 1.13. The van der Waals surface area contributed by atoms with E-state index in [4.69, 9.17) is 0 Å². The van der Waals surface area contributed by atoms with Crippen LogP contribution in [0.25, 0.3) is 0 Å². The number of piperazine rings is 1. The first kappa shape index (κ1) is 22.9. The van der Waals surface area contributed by atoms with Crippen LogP contribution in [0.2, 0.25) is 0 Å². The normalized spacial score (nSPS) is 23.9. The molecule has 9 heteroatoms. The topological polar surface area (TPSA) is 43.8 Å². The van der Waals surface area contributed by atoms with E-state index in [0.29, 0.717) is 25.2 Å². The van der Waals surface area contributed by atoms with Crippen molar-refractivity contribution in [2.45, 2.75) is 55.8 Å². The Bertz CT molecular complexity index is 1020. The van der Waals surface area contributed by atoms with Gasteiger partial charge < -0.3 is 10.0 Å². The molecule has 0 saturated carbocycles. The van der Waals surface area contributed by atoms with E-state index in [1.807, 2.05) is 36.9 Å². The number of carboxylic acids is 1. The summed E-state index contributed by atoms with van der Waals surface area (Å²) in [7, 11) is 0. The number of benzene rings is 2. The van der Waals surface area contributed by atoms with E-state index in [-0.39, 0.29) is 12.1 Å². The molecule has 4 nitrogen and oxygen atoms in total. The quantitative estimate of drug-likeness (QED) is 0.470. The number of carboxylic acid groups (broad SMARTS) is 1. The van der Waals surface area contributed by atoms with Gasteiger partial charge in [-0.05, 0) is 80.1 Å². The smallest absolute Gasteiger partial charge is 0.419 e. The van der Waals surface area contributed by atoms with Crippen molar-refractivity contribution >= 4 is 23.6 Å². The van der Waals surface area contributed by atoms with Gasteiger partial charge in [0.2, 0.25) is 0 Å². The molecule has 0 spiro atoms. The number of halogens is 4. The lowest BCUT2D eigenvalue weighted by Crippen LogP contribution is -2.53. The Balaban J connectivity index is 1.48. The van der Waals surface area contributed by atoms with E-state index in [0.717, 1.165) is 34.6 Å². The minimum absolute atomic E-state index is 0.0395. The van der Waals surface area contributed by atoms with Crippen LogP contribution >= 0.6 is 11.9 Å². The van der Waals surface area contributed by atoms with Gasteiger partial charge in [-0.1, -0.05) is 6.07 Å². The van der Waals surface area contributed by atoms with Crippen LogP contribution in [-0.4, -0.2) is 40.6 Å². The van der Waals surface area contributed by atoms with Crippen molar-refractivity contribution in [3.05, 3.63) is 58.9 Å². The van der Waals surface area contributed by atoms with Crippen LogP contribution in [-0.2, 0) is 17.4 Å². The monoisotopic (exact) mass is 468 g/mol. The van der Waals surface area contributed by atoms with E-state index in [2.05, 4.69) is 4.31 Å². The molecule has 0 aromatic heterocycles. The number of rotatable bonds is 4. The molecule has 2 aliphatic rings. The second-order valence-corrected chi connectivity index (χ2v) is 9.58. The van der Waals surface area contributed by atoms with Gasteiger partial charge in [0.1, 0.15) is 5.82 Å². The predicted octanol–water partition coefficient (Wildman–Crippen LogP) is 5.57. The number of anilines is 1. The zero-order valence-electron chi connectivity index (χ0n) is 17.7. The lowest BCUT2D eigenvalue weighted by molar-refractivity contribution is -0.140. The number of carbonyl (C=O) groups is 1. The van der Waals surface area contributed by atoms with E-state index in [1.165, 1.54) is 6.07 Å². The summed E-state index contributed by atoms with van der Waals surface area (Å²) >= 11 is 1.56. The predicted molar refractivity (Wildman–Crippen MR) is 115 cm³/mol. The maximum Gasteiger partial charge on any atom is 0.419 e. The fourth-order valence-electron chi connectivity index (χ4n) is 4.64. The summed E-state index contributed by atoms with van der Waals surface area (Å²) in [5.74, 6) is -2.53. The van der Waals surface area contributed by atoms with Crippen molar-refractivity contribution in [2.24, 2.45) is 0 Å². The molecule has 0 radical (unpaired) electrons. The number of aryl methyl sites for hydroxylation is 1. The first-order valence-electron chi connectivity index (χ1n) is 10.5. The Morgan fingerprint density at radius 2 is 1.78 bits per heavy atom. The summed E-state index contributed by atoms with van der Waals surface area (Å²) in [6, 6.07) is 9.11. The van der Waals surface area contributed by atoms with Gasteiger partial charge in [0.25, 0.3) is 0 Å². The molecule has 3 atom stereocenters. The summed E-state index contributed by atoms with van der Waals surface area (Å²) in [6.07, 6.45) is -3.32. The third-order valence-corrected chi connectivity index (χ3v) is 7.56. The summed E-state index contributed by atoms with van der Waals surface area (Å²) < 4.78 is 54.8. The van der Waals surface area contributed by atoms with Crippen molar-refractivity contribution in [1.82, 2.24) is 4.31 Å². The molecule has 1 saturated heterocycles. The average Bonchev–Trinajstić information content (AvgIpc) is 3.13. The summed E-state index contributed by atoms with van der Waals surface area (Å²) in [6.45, 7) is 5.10. The van der Waals surface area contributed by atoms with Crippen LogP contribution in [0, 0.1) is 5.82 Å². The Hall–Kier alpha value is -2.26. The maximum absolute atomic E-state index is 14.1. The number of aliphatic carboxylic acids is 1. The fourth-order valence-corrected chi connectivity index (χ4v) is 5.69. The molecule has 1 aliphatic carbocycles. The first-order chi connectivity index (χ1) is 15.0. The molecule has 4 rings (SSSR count). The standard InChI is InChI=1S/C23H24F4N2O2S/c1-13-11-28(16-5-8-20(21(24)9-16)23(25,26)27)12-14(2)29(13)32-17-6-3-15-4-7-18(22(30)31)19(15)10-17/h3,5-6,8-10,13-14,18H,4,7,11-12H2,1-2H3,(H,30,31). The summed E-state index contributed by atoms with van der Waals surface area (Å²) in [4.78, 5) is 14.4. The van der Waals surface area contributed by atoms with Crippen molar-refractivity contribution in [2.75, 3.05) is 18.0 Å². The largest absolute Gasteiger partial charge is 0.481 e. The second kappa shape index (κ2) is 8.59. The zero-order chi connectivity index (χ0) is 23.2. The lowest BCUT2D eigenvalue weighted by atomic mass is 10.0. The second-order valence-electron chi connectivity index (χ2n) is 8.51. The molecule has 1 aliphatic heterocycles. The Kier molecular flexibility index (Phi) is 6.15. The Morgan fingerprint density at radius 3 is 2.38 bits per heavy atom. The van der Waals surface area contributed by atoms with Gasteiger partial charge in [0, 0.05) is 35.8 Å². The maximum atomic E-state index is 14.1. The highest BCUT2D eigenvalue weighted by atomic mass is 32.2. The number of alkyl halides is 3. The highest BCUT2D eigenvalue weighted by Crippen LogP contribution is 2.39. The van der Waals surface area contributed by atoms with Crippen LogP contribution < -0.4 is 4.90 Å². The molecule has 2 aromatic carbocycles. The first-order valence-corrected chi connectivity index (χ1v) is 11.3. The van der Waals surface area contributed by atoms with Crippen molar-refractivity contribution in [1.29, 1.82) is 0 Å². The van der Waals surface area contributed by atoms with E-state index in [9.17, 15) is 27.5 Å². The van der Waals surface area contributed by atoms with Crippen molar-refractivity contribution in [3.8, 4) is 0 Å². The van der Waals surface area contributed by atoms with Gasteiger partial charge in [-0.15, -0.1) is 0 Å². The van der Waals surface area contributed by atoms with Gasteiger partial charge >= 0.3 is 12.1 Å². The zero-order valence-corrected chi connectivity index (χ0v) is 18.5. The van der Waals surface area contributed by atoms with Crippen molar-refractivity contribution in [3.63, 3.8) is 0 Å². The number of fused-ring (bicyclic) bond motifs is 1. The third kappa shape index (κ3) is 4.45. The van der Waals surface area contributed by atoms with Gasteiger partial charge in [-0.25, -0.2) is 8.70 Å². The molecule has 1 fully saturated rings. The van der Waals surface area contributed by atoms with Gasteiger partial charge in [0.15, 0.2) is 0 Å². The minimum Gasteiger partial charge on any atom is -0.481 e. The third-order valence-electron chi connectivity index (χ3n) is 6.17. The summed E-state index contributed by atoms with van der Waals surface area (Å²) in [5, 5.41) is 9.46. The average molecular weight is 469 g/mol. The Morgan fingerprint density at radius 1 is 1.09 bits per heavy atom. The van der Waals surface area contributed by atoms with E-state index >= 15 is 0 Å². The molecule has 172 valence electrons. The molecule has 2 aromatic rings. The SMILES string of the molecule is CC1CN(c2ccc(C(F)(F)F)c(F)c2)CC(C)N1Sc1ccc2c(c1)C(C(=O)O)CC2. The lowest BCUT2D eigenvalue weighted by Gasteiger charge is -2.44. The highest BCUT2D eigenvalue weighted by Gasteiger charge is 2.36. The van der Waals surface area contributed by atoms with Gasteiger partial charge in [0.05, 0.1) is 11.5 Å². The fraction of sp³-hybridized carbons (Fsp3) is 0.435. The van der Waals surface area contributed by atoms with Gasteiger partial charge in [-0.3, -0.25) is 4.79 Å². The number of nitrogens with zero attached hydrogens (tertiary/aromatic N) is 2. The molecule has 1 N–H and O–H groups in total. The molecular weight excluding hydrogens is 444 g/mol. The van der Waals surface area contributed by atoms with Crippen LogP contribution in [0.3, 0.4) is 0 Å². The number of hydrogen-bond acceptors (Lipinski definition) is 4. The minimum atomic E-state index is -4.71.